The van der Waals surface area contributed by atoms with Gasteiger partial charge in [-0.05, 0) is 45.4 Å². The largest absolute Gasteiger partial charge is 0.480 e. The minimum Gasteiger partial charge on any atom is -0.480 e. The van der Waals surface area contributed by atoms with E-state index in [1.807, 2.05) is 6.92 Å². The van der Waals surface area contributed by atoms with Crippen molar-refractivity contribution in [3.05, 3.63) is 0 Å². The van der Waals surface area contributed by atoms with Gasteiger partial charge in [-0.15, -0.1) is 0 Å². The van der Waals surface area contributed by atoms with Crippen LogP contribution in [0.25, 0.3) is 0 Å². The van der Waals surface area contributed by atoms with Crippen molar-refractivity contribution in [1.82, 2.24) is 16.0 Å². The summed E-state index contributed by atoms with van der Waals surface area (Å²) in [6.45, 7) is 8.17. The summed E-state index contributed by atoms with van der Waals surface area (Å²) in [5, 5.41) is 17.6. The molecule has 344 valence electrons. The van der Waals surface area contributed by atoms with Crippen LogP contribution >= 0.6 is 0 Å². The molecule has 14 nitrogen and oxygen atoms in total. The van der Waals surface area contributed by atoms with E-state index in [9.17, 15) is 33.9 Å². The highest BCUT2D eigenvalue weighted by atomic mass is 16.5. The molecule has 0 aliphatic rings. The first-order valence-electron chi connectivity index (χ1n) is 23.0. The molecule has 0 spiro atoms. The molecule has 3 amide bonds. The quantitative estimate of drug-likeness (QED) is 0.0460. The van der Waals surface area contributed by atoms with Crippen molar-refractivity contribution >= 4 is 35.3 Å². The van der Waals surface area contributed by atoms with Crippen LogP contribution in [0, 0.1) is 5.92 Å². The summed E-state index contributed by atoms with van der Waals surface area (Å²) < 4.78 is 21.5. The second-order valence-corrected chi connectivity index (χ2v) is 15.6. The van der Waals surface area contributed by atoms with Crippen LogP contribution in [0.1, 0.15) is 175 Å². The van der Waals surface area contributed by atoms with E-state index in [2.05, 4.69) is 22.9 Å². The molecule has 59 heavy (non-hydrogen) atoms. The van der Waals surface area contributed by atoms with Gasteiger partial charge in [0.15, 0.2) is 0 Å². The number of ether oxygens (including phenoxy) is 4. The fourth-order valence-electron chi connectivity index (χ4n) is 6.56. The normalized spacial score (nSPS) is 12.2. The van der Waals surface area contributed by atoms with Crippen molar-refractivity contribution < 1.29 is 52.8 Å². The molecule has 0 aromatic rings. The number of Topliss-reactive ketones (excluding diaryl/α,β-unsaturated/α-hetero) is 2. The minimum atomic E-state index is -1.13. The van der Waals surface area contributed by atoms with Gasteiger partial charge in [0, 0.05) is 44.9 Å². The lowest BCUT2D eigenvalue weighted by Crippen LogP contribution is -2.41. The fraction of sp³-hybridized carbons (Fsp3) is 0.867. The number of rotatable bonds is 45. The first-order chi connectivity index (χ1) is 28.6. The van der Waals surface area contributed by atoms with Gasteiger partial charge in [-0.2, -0.15) is 0 Å². The Labute approximate surface area is 356 Å². The monoisotopic (exact) mass is 842 g/mol. The van der Waals surface area contributed by atoms with E-state index < -0.39 is 12.0 Å². The molecule has 0 aromatic carbocycles. The first-order valence-corrected chi connectivity index (χ1v) is 23.0. The predicted molar refractivity (Wildman–Crippen MR) is 230 cm³/mol. The molecule has 0 aliphatic carbocycles. The van der Waals surface area contributed by atoms with Crippen LogP contribution in [0.4, 0.5) is 0 Å². The summed E-state index contributed by atoms with van der Waals surface area (Å²) in [5.74, 6) is -1.67. The third kappa shape index (κ3) is 39.0. The Balaban J connectivity index is 3.66. The highest BCUT2D eigenvalue weighted by Gasteiger charge is 2.21. The van der Waals surface area contributed by atoms with Crippen molar-refractivity contribution in [2.45, 2.75) is 181 Å². The number of carboxylic acids is 1. The molecule has 4 N–H and O–H groups in total. The number of aliphatic carboxylic acids is 1. The van der Waals surface area contributed by atoms with E-state index >= 15 is 0 Å². The fourth-order valence-corrected chi connectivity index (χ4v) is 6.56. The number of carbonyl (C=O) groups excluding carboxylic acids is 5. The number of ketones is 2. The Morgan fingerprint density at radius 3 is 1.53 bits per heavy atom. The standard InChI is InChI=1S/C45H83N3O11/c1-4-6-7-8-9-10-11-12-13-14-15-16-17-18-19-25-42(51)48-41(45(54)55)27-26-40(50)24-22-30-56-32-34-58-37-44(53)47-29-31-57-33-35-59-36-43(52)46-28-21-20-23-39(5-2)38(3)49/h39,41H,4-37H2,1-3H3,(H,46,52)(H,47,53)(H,48,51)(H,54,55)/t39?,41-/m0/s1. The van der Waals surface area contributed by atoms with E-state index in [1.165, 1.54) is 77.0 Å². The molecule has 0 aromatic heterocycles. The molecule has 0 fully saturated rings. The van der Waals surface area contributed by atoms with E-state index in [4.69, 9.17) is 18.9 Å². The Hall–Kier alpha value is -2.94. The van der Waals surface area contributed by atoms with Gasteiger partial charge in [0.25, 0.3) is 0 Å². The third-order valence-electron chi connectivity index (χ3n) is 10.2. The lowest BCUT2D eigenvalue weighted by Gasteiger charge is -2.14. The number of carboxylic acid groups (broad SMARTS) is 1. The highest BCUT2D eigenvalue weighted by Crippen LogP contribution is 2.15. The molecular formula is C45H83N3O11. The van der Waals surface area contributed by atoms with Gasteiger partial charge in [0.05, 0.1) is 33.0 Å². The zero-order valence-corrected chi connectivity index (χ0v) is 37.2. The second-order valence-electron chi connectivity index (χ2n) is 15.6. The van der Waals surface area contributed by atoms with Crippen LogP contribution in [-0.2, 0) is 47.7 Å². The topological polar surface area (TPSA) is 196 Å². The molecular weight excluding hydrogens is 759 g/mol. The van der Waals surface area contributed by atoms with Gasteiger partial charge in [-0.1, -0.05) is 110 Å². The van der Waals surface area contributed by atoms with Gasteiger partial charge in [-0.3, -0.25) is 24.0 Å². The van der Waals surface area contributed by atoms with Crippen LogP contribution in [0.2, 0.25) is 0 Å². The number of unbranched alkanes of at least 4 members (excludes halogenated alkanes) is 15. The zero-order valence-electron chi connectivity index (χ0n) is 37.2. The molecule has 0 heterocycles. The Morgan fingerprint density at radius 2 is 1.00 bits per heavy atom. The molecule has 0 saturated heterocycles. The van der Waals surface area contributed by atoms with Crippen LogP contribution in [0.3, 0.4) is 0 Å². The zero-order chi connectivity index (χ0) is 43.6. The van der Waals surface area contributed by atoms with Crippen molar-refractivity contribution in [3.63, 3.8) is 0 Å². The van der Waals surface area contributed by atoms with E-state index in [0.29, 0.717) is 32.5 Å². The summed E-state index contributed by atoms with van der Waals surface area (Å²) >= 11 is 0. The van der Waals surface area contributed by atoms with E-state index in [0.717, 1.165) is 44.9 Å². The maximum Gasteiger partial charge on any atom is 0.326 e. The van der Waals surface area contributed by atoms with Gasteiger partial charge in [-0.25, -0.2) is 4.79 Å². The minimum absolute atomic E-state index is 0.0546. The van der Waals surface area contributed by atoms with Crippen LogP contribution < -0.4 is 16.0 Å². The number of nitrogens with one attached hydrogen (secondary N) is 3. The Morgan fingerprint density at radius 1 is 0.492 bits per heavy atom. The Bertz CT molecular complexity index is 1090. The van der Waals surface area contributed by atoms with Crippen molar-refractivity contribution in [3.8, 4) is 0 Å². The molecule has 0 radical (unpaired) electrons. The molecule has 14 heteroatoms. The smallest absolute Gasteiger partial charge is 0.326 e. The average molecular weight is 842 g/mol. The van der Waals surface area contributed by atoms with E-state index in [-0.39, 0.29) is 101 Å². The predicted octanol–water partition coefficient (Wildman–Crippen LogP) is 7.03. The maximum absolute atomic E-state index is 12.3. The van der Waals surface area contributed by atoms with Gasteiger partial charge >= 0.3 is 5.97 Å². The van der Waals surface area contributed by atoms with Gasteiger partial charge in [0.2, 0.25) is 17.7 Å². The maximum atomic E-state index is 12.3. The number of carbonyl (C=O) groups is 6. The molecule has 0 saturated carbocycles. The molecule has 0 aliphatic heterocycles. The summed E-state index contributed by atoms with van der Waals surface area (Å²) in [6, 6.07) is -1.08. The summed E-state index contributed by atoms with van der Waals surface area (Å²) in [4.78, 5) is 71.5. The van der Waals surface area contributed by atoms with Crippen molar-refractivity contribution in [1.29, 1.82) is 0 Å². The summed E-state index contributed by atoms with van der Waals surface area (Å²) in [5.41, 5.74) is 0. The Kier molecular flexibility index (Phi) is 39.7. The van der Waals surface area contributed by atoms with Crippen LogP contribution in [0.5, 0.6) is 0 Å². The summed E-state index contributed by atoms with van der Waals surface area (Å²) in [6.07, 6.45) is 23.1. The van der Waals surface area contributed by atoms with Crippen molar-refractivity contribution in [2.24, 2.45) is 5.92 Å². The molecule has 0 rings (SSSR count). The van der Waals surface area contributed by atoms with Gasteiger partial charge in [0.1, 0.15) is 30.8 Å². The van der Waals surface area contributed by atoms with Gasteiger partial charge < -0.3 is 40.0 Å². The third-order valence-corrected chi connectivity index (χ3v) is 10.2. The number of hydrogen-bond acceptors (Lipinski definition) is 10. The van der Waals surface area contributed by atoms with Crippen LogP contribution in [-0.4, -0.2) is 112 Å². The SMILES string of the molecule is CCCCCCCCCCCCCCCCCC(=O)N[C@@H](CCC(=O)CCCOCCOCC(=O)NCCOCCOCC(=O)NCCCCC(CC)C(C)=O)C(=O)O. The number of amides is 3. The second kappa shape index (κ2) is 41.8. The lowest BCUT2D eigenvalue weighted by molar-refractivity contribution is -0.142. The molecule has 2 atom stereocenters. The summed E-state index contributed by atoms with van der Waals surface area (Å²) in [7, 11) is 0. The highest BCUT2D eigenvalue weighted by molar-refractivity contribution is 5.84. The van der Waals surface area contributed by atoms with Crippen LogP contribution in [0.15, 0.2) is 0 Å². The number of hydrogen-bond donors (Lipinski definition) is 4. The molecule has 0 bridgehead atoms. The van der Waals surface area contributed by atoms with E-state index in [1.54, 1.807) is 6.92 Å². The lowest BCUT2D eigenvalue weighted by atomic mass is 9.95. The molecule has 1 unspecified atom stereocenters. The van der Waals surface area contributed by atoms with Crippen molar-refractivity contribution in [2.75, 3.05) is 65.9 Å². The first kappa shape index (κ1) is 56.1. The average Bonchev–Trinajstić information content (AvgIpc) is 3.20.